The van der Waals surface area contributed by atoms with Crippen molar-refractivity contribution in [2.45, 2.75) is 12.8 Å². The van der Waals surface area contributed by atoms with Gasteiger partial charge in [0.05, 0.1) is 12.4 Å². The maximum absolute atomic E-state index is 10.1. The van der Waals surface area contributed by atoms with Crippen LogP contribution in [0.3, 0.4) is 0 Å². The van der Waals surface area contributed by atoms with E-state index in [0.717, 1.165) is 25.9 Å². The van der Waals surface area contributed by atoms with Gasteiger partial charge >= 0.3 is 0 Å². The number of hydrogen-bond acceptors (Lipinski definition) is 6. The topological polar surface area (TPSA) is 125 Å². The fourth-order valence-electron chi connectivity index (χ4n) is 1.04. The molecule has 1 aliphatic rings. The second kappa shape index (κ2) is 11.0. The third-order valence-electron chi connectivity index (χ3n) is 1.68. The molecule has 0 saturated carbocycles. The Morgan fingerprint density at radius 2 is 1.76 bits per heavy atom. The first-order chi connectivity index (χ1) is 8.22. The van der Waals surface area contributed by atoms with Gasteiger partial charge in [0.15, 0.2) is 0 Å². The van der Waals surface area contributed by atoms with Crippen LogP contribution in [0.25, 0.3) is 0 Å². The quantitative estimate of drug-likeness (QED) is 0.502. The Kier molecular flexibility index (Phi) is 10.1. The van der Waals surface area contributed by atoms with Gasteiger partial charge in [0, 0.05) is 24.4 Å². The molecule has 1 aromatic heterocycles. The maximum Gasteiger partial charge on any atom is 0.204 e. The molecule has 2 rings (SSSR count). The summed E-state index contributed by atoms with van der Waals surface area (Å²) in [5, 5.41) is 10.1. The summed E-state index contributed by atoms with van der Waals surface area (Å²) >= 11 is -1.96. The molecule has 2 N–H and O–H groups in total. The van der Waals surface area contributed by atoms with Crippen LogP contribution in [0.2, 0.25) is 0 Å². The number of carbonyl (C=O) groups excluding carboxylic acids is 1. The maximum atomic E-state index is 10.1. The molecule has 0 bridgehead atoms. The normalized spacial score (nSPS) is 15.8. The molecule has 9 heteroatoms. The number of hydrogen-bond donors (Lipinski definition) is 1. The van der Waals surface area contributed by atoms with Gasteiger partial charge in [-0.15, -0.1) is 10.2 Å². The van der Waals surface area contributed by atoms with Crippen molar-refractivity contribution in [1.29, 1.82) is 0 Å². The Morgan fingerprint density at radius 3 is 1.94 bits per heavy atom. The molecule has 1 saturated heterocycles. The van der Waals surface area contributed by atoms with Crippen molar-refractivity contribution in [2.24, 2.45) is 5.73 Å². The lowest BCUT2D eigenvalue weighted by Crippen LogP contribution is -2.20. The highest BCUT2D eigenvalue weighted by Crippen LogP contribution is 2.07. The van der Waals surface area contributed by atoms with Crippen LogP contribution in [-0.2, 0) is 16.1 Å². The summed E-state index contributed by atoms with van der Waals surface area (Å²) in [5.41, 5.74) is 4.17. The monoisotopic (exact) mass is 260 g/mol. The van der Waals surface area contributed by atoms with E-state index in [1.807, 2.05) is 0 Å². The first-order valence-corrected chi connectivity index (χ1v) is 5.83. The molecule has 0 radical (unpaired) electrons. The van der Waals surface area contributed by atoms with Crippen molar-refractivity contribution in [1.82, 2.24) is 19.7 Å². The molecule has 0 aromatic carbocycles. The minimum Gasteiger partial charge on any atom is -0.760 e. The summed E-state index contributed by atoms with van der Waals surface area (Å²) in [6.45, 7) is 1.44. The molecule has 1 aromatic rings. The van der Waals surface area contributed by atoms with Crippen molar-refractivity contribution < 1.29 is 13.6 Å². The van der Waals surface area contributed by atoms with Gasteiger partial charge in [0.1, 0.15) is 0 Å². The average Bonchev–Trinajstić information content (AvgIpc) is 2.87. The molecular weight excluding hydrogens is 246 g/mol. The number of nitrogens with two attached hydrogens (primary N) is 1. The van der Waals surface area contributed by atoms with E-state index < -0.39 is 11.3 Å². The molecule has 1 unspecified atom stereocenters. The fraction of sp³-hybridized carbons (Fsp3) is 0.500. The van der Waals surface area contributed by atoms with Gasteiger partial charge in [-0.1, -0.05) is 0 Å². The highest BCUT2D eigenvalue weighted by molar-refractivity contribution is 7.76. The number of amides is 1. The molecule has 17 heavy (non-hydrogen) atoms. The molecule has 0 spiro atoms. The Balaban J connectivity index is 0.000000252. The molecular formula is C8H14N5O3S-. The van der Waals surface area contributed by atoms with E-state index in [1.54, 1.807) is 18.5 Å². The van der Waals surface area contributed by atoms with E-state index in [9.17, 15) is 8.76 Å². The molecule has 2 heterocycles. The predicted molar refractivity (Wildman–Crippen MR) is 59.8 cm³/mol. The number of carbonyl (C=O) groups is 1. The third-order valence-corrected chi connectivity index (χ3v) is 2.47. The van der Waals surface area contributed by atoms with Gasteiger partial charge in [-0.3, -0.25) is 9.00 Å². The van der Waals surface area contributed by atoms with Crippen LogP contribution >= 0.6 is 0 Å². The molecule has 1 amide bonds. The van der Waals surface area contributed by atoms with E-state index in [0.29, 0.717) is 0 Å². The molecule has 96 valence electrons. The van der Waals surface area contributed by atoms with Crippen molar-refractivity contribution in [3.05, 3.63) is 18.5 Å². The molecule has 8 nitrogen and oxygen atoms in total. The zero-order valence-corrected chi connectivity index (χ0v) is 9.95. The van der Waals surface area contributed by atoms with Gasteiger partial charge in [-0.05, 0) is 24.1 Å². The van der Waals surface area contributed by atoms with Crippen LogP contribution in [0.1, 0.15) is 12.8 Å². The summed E-state index contributed by atoms with van der Waals surface area (Å²) in [7, 11) is 0. The van der Waals surface area contributed by atoms with Crippen molar-refractivity contribution in [2.75, 3.05) is 13.1 Å². The lowest BCUT2D eigenvalue weighted by molar-refractivity contribution is -0.106. The van der Waals surface area contributed by atoms with E-state index in [1.165, 1.54) is 4.31 Å². The highest BCUT2D eigenvalue weighted by Gasteiger charge is 2.10. The minimum atomic E-state index is -1.96. The third kappa shape index (κ3) is 9.48. The van der Waals surface area contributed by atoms with Crippen molar-refractivity contribution in [3.8, 4) is 0 Å². The summed E-state index contributed by atoms with van der Waals surface area (Å²) in [6.07, 6.45) is 5.45. The SMILES string of the molecule is NC=O.O=S([O-])N1CCCC1.c1cnnnc1. The van der Waals surface area contributed by atoms with Crippen LogP contribution in [0.15, 0.2) is 18.5 Å². The van der Waals surface area contributed by atoms with E-state index in [-0.39, 0.29) is 6.41 Å². The number of nitrogens with zero attached hydrogens (tertiary/aromatic N) is 4. The number of rotatable bonds is 1. The van der Waals surface area contributed by atoms with Gasteiger partial charge in [0.2, 0.25) is 6.41 Å². The Morgan fingerprint density at radius 1 is 1.29 bits per heavy atom. The van der Waals surface area contributed by atoms with Gasteiger partial charge < -0.3 is 10.3 Å². The van der Waals surface area contributed by atoms with Gasteiger partial charge in [-0.2, -0.15) is 0 Å². The van der Waals surface area contributed by atoms with Crippen molar-refractivity contribution >= 4 is 17.7 Å². The minimum absolute atomic E-state index is 0.250. The van der Waals surface area contributed by atoms with Crippen molar-refractivity contribution in [3.63, 3.8) is 0 Å². The van der Waals surface area contributed by atoms with E-state index >= 15 is 0 Å². The lowest BCUT2D eigenvalue weighted by atomic mass is 10.4. The van der Waals surface area contributed by atoms with Gasteiger partial charge in [-0.25, -0.2) is 4.31 Å². The van der Waals surface area contributed by atoms with Crippen LogP contribution in [0.4, 0.5) is 0 Å². The molecule has 1 fully saturated rings. The molecule has 1 atom stereocenters. The first kappa shape index (κ1) is 15.6. The zero-order valence-electron chi connectivity index (χ0n) is 9.14. The summed E-state index contributed by atoms with van der Waals surface area (Å²) in [4.78, 5) is 8.58. The first-order valence-electron chi connectivity index (χ1n) is 4.80. The van der Waals surface area contributed by atoms with Crippen LogP contribution in [0.5, 0.6) is 0 Å². The molecule has 1 aliphatic heterocycles. The molecule has 0 aliphatic carbocycles. The lowest BCUT2D eigenvalue weighted by Gasteiger charge is -2.15. The average molecular weight is 260 g/mol. The van der Waals surface area contributed by atoms with E-state index in [4.69, 9.17) is 4.79 Å². The van der Waals surface area contributed by atoms with Crippen LogP contribution < -0.4 is 5.73 Å². The summed E-state index contributed by atoms with van der Waals surface area (Å²) in [6, 6.07) is 1.72. The summed E-state index contributed by atoms with van der Waals surface area (Å²) in [5.74, 6) is 0. The second-order valence-electron chi connectivity index (χ2n) is 2.80. The van der Waals surface area contributed by atoms with Gasteiger partial charge in [0.25, 0.3) is 0 Å². The second-order valence-corrected chi connectivity index (χ2v) is 3.75. The number of aromatic nitrogens is 3. The summed E-state index contributed by atoms with van der Waals surface area (Å²) < 4.78 is 21.7. The smallest absolute Gasteiger partial charge is 0.204 e. The Labute approximate surface area is 102 Å². The van der Waals surface area contributed by atoms with Crippen LogP contribution in [0, 0.1) is 0 Å². The number of primary amides is 1. The van der Waals surface area contributed by atoms with Crippen LogP contribution in [-0.4, -0.2) is 48.0 Å². The largest absolute Gasteiger partial charge is 0.760 e. The Bertz CT molecular complexity index is 281. The standard InChI is InChI=1S/C4H9NO2S.C3H3N3.CH3NO/c6-8(7)5-3-1-2-4-5;1-2-4-6-5-3-1;2-1-3/h1-4H2,(H,6,7);1-3H;1H,(H2,2,3)/p-1. The zero-order chi connectivity index (χ0) is 12.9. The van der Waals surface area contributed by atoms with E-state index in [2.05, 4.69) is 21.1 Å². The highest BCUT2D eigenvalue weighted by atomic mass is 32.2. The predicted octanol–water partition coefficient (Wildman–Crippen LogP) is -1.15. The fourth-order valence-corrected chi connectivity index (χ4v) is 1.60. The Hall–Kier alpha value is -1.45.